The van der Waals surface area contributed by atoms with Gasteiger partial charge in [-0.1, -0.05) is 13.8 Å². The molecule has 0 aromatic carbocycles. The molecule has 14 heavy (non-hydrogen) atoms. The van der Waals surface area contributed by atoms with Gasteiger partial charge in [-0.15, -0.1) is 0 Å². The van der Waals surface area contributed by atoms with Gasteiger partial charge in [0.2, 0.25) is 0 Å². The van der Waals surface area contributed by atoms with Crippen LogP contribution in [0, 0.1) is 11.3 Å². The van der Waals surface area contributed by atoms with Crippen LogP contribution in [0.1, 0.15) is 39.5 Å². The molecule has 1 atom stereocenters. The summed E-state index contributed by atoms with van der Waals surface area (Å²) in [5, 5.41) is 3.65. The van der Waals surface area contributed by atoms with Crippen molar-refractivity contribution in [2.75, 3.05) is 19.8 Å². The highest BCUT2D eigenvalue weighted by Gasteiger charge is 2.47. The molecule has 0 aliphatic carbocycles. The zero-order valence-corrected chi connectivity index (χ0v) is 9.51. The van der Waals surface area contributed by atoms with Crippen molar-refractivity contribution < 1.29 is 4.74 Å². The van der Waals surface area contributed by atoms with Gasteiger partial charge in [0.05, 0.1) is 0 Å². The quantitative estimate of drug-likeness (QED) is 0.749. The molecule has 82 valence electrons. The van der Waals surface area contributed by atoms with Crippen LogP contribution in [0.25, 0.3) is 0 Å². The summed E-state index contributed by atoms with van der Waals surface area (Å²) in [4.78, 5) is 0. The maximum atomic E-state index is 5.43. The standard InChI is InChI=1S/C12H23NO/c1-3-12(4-2)9-13-11(12)10-5-7-14-8-6-10/h10-11,13H,3-9H2,1-2H3. The fourth-order valence-corrected chi connectivity index (χ4v) is 3.16. The van der Waals surface area contributed by atoms with Crippen LogP contribution >= 0.6 is 0 Å². The normalized spacial score (nSPS) is 32.6. The summed E-state index contributed by atoms with van der Waals surface area (Å²) in [6, 6.07) is 0.779. The Kier molecular flexibility index (Phi) is 3.13. The maximum absolute atomic E-state index is 5.43. The molecule has 2 nitrogen and oxygen atoms in total. The van der Waals surface area contributed by atoms with Crippen molar-refractivity contribution in [3.8, 4) is 0 Å². The van der Waals surface area contributed by atoms with E-state index in [1.54, 1.807) is 0 Å². The lowest BCUT2D eigenvalue weighted by molar-refractivity contribution is -0.0219. The minimum atomic E-state index is 0.613. The van der Waals surface area contributed by atoms with Gasteiger partial charge in [-0.05, 0) is 37.0 Å². The third kappa shape index (κ3) is 1.59. The molecule has 2 saturated heterocycles. The van der Waals surface area contributed by atoms with E-state index in [0.717, 1.165) is 25.2 Å². The largest absolute Gasteiger partial charge is 0.381 e. The first-order valence-corrected chi connectivity index (χ1v) is 6.13. The highest BCUT2D eigenvalue weighted by Crippen LogP contribution is 2.42. The second kappa shape index (κ2) is 4.19. The van der Waals surface area contributed by atoms with Gasteiger partial charge in [-0.2, -0.15) is 0 Å². The third-order valence-corrected chi connectivity index (χ3v) is 4.48. The predicted octanol–water partition coefficient (Wildman–Crippen LogP) is 2.19. The molecule has 2 aliphatic rings. The number of hydrogen-bond acceptors (Lipinski definition) is 2. The lowest BCUT2D eigenvalue weighted by atomic mass is 9.63. The molecule has 0 saturated carbocycles. The van der Waals surface area contributed by atoms with Gasteiger partial charge < -0.3 is 10.1 Å². The van der Waals surface area contributed by atoms with Gasteiger partial charge in [-0.25, -0.2) is 0 Å². The zero-order chi connectivity index (χ0) is 10.0. The lowest BCUT2D eigenvalue weighted by Gasteiger charge is -2.54. The molecule has 0 amide bonds. The van der Waals surface area contributed by atoms with E-state index < -0.39 is 0 Å². The zero-order valence-electron chi connectivity index (χ0n) is 9.51. The van der Waals surface area contributed by atoms with Crippen molar-refractivity contribution in [3.05, 3.63) is 0 Å². The summed E-state index contributed by atoms with van der Waals surface area (Å²) >= 11 is 0. The molecule has 0 bridgehead atoms. The molecule has 0 spiro atoms. The molecule has 0 aromatic heterocycles. The van der Waals surface area contributed by atoms with Crippen LogP contribution < -0.4 is 5.32 Å². The molecule has 1 unspecified atom stereocenters. The molecule has 2 aliphatic heterocycles. The minimum absolute atomic E-state index is 0.613. The smallest absolute Gasteiger partial charge is 0.0469 e. The van der Waals surface area contributed by atoms with E-state index in [2.05, 4.69) is 19.2 Å². The summed E-state index contributed by atoms with van der Waals surface area (Å²) in [6.07, 6.45) is 5.19. The Hall–Kier alpha value is -0.0800. The Morgan fingerprint density at radius 2 is 1.86 bits per heavy atom. The van der Waals surface area contributed by atoms with E-state index in [9.17, 15) is 0 Å². The van der Waals surface area contributed by atoms with Gasteiger partial charge >= 0.3 is 0 Å². The molecule has 2 heterocycles. The van der Waals surface area contributed by atoms with Crippen LogP contribution in [0.2, 0.25) is 0 Å². The molecule has 2 heteroatoms. The van der Waals surface area contributed by atoms with Crippen LogP contribution in [0.5, 0.6) is 0 Å². The minimum Gasteiger partial charge on any atom is -0.381 e. The summed E-state index contributed by atoms with van der Waals surface area (Å²) in [7, 11) is 0. The molecular formula is C12H23NO. The monoisotopic (exact) mass is 197 g/mol. The lowest BCUT2D eigenvalue weighted by Crippen LogP contribution is -2.65. The maximum Gasteiger partial charge on any atom is 0.0469 e. The summed E-state index contributed by atoms with van der Waals surface area (Å²) in [6.45, 7) is 7.88. The molecular weight excluding hydrogens is 174 g/mol. The SMILES string of the molecule is CCC1(CC)CNC1C1CCOCC1. The van der Waals surface area contributed by atoms with Crippen molar-refractivity contribution in [2.45, 2.75) is 45.6 Å². The Balaban J connectivity index is 1.96. The third-order valence-electron chi connectivity index (χ3n) is 4.48. The van der Waals surface area contributed by atoms with Gasteiger partial charge in [-0.3, -0.25) is 0 Å². The van der Waals surface area contributed by atoms with Crippen LogP contribution in [-0.2, 0) is 4.74 Å². The van der Waals surface area contributed by atoms with Gasteiger partial charge in [0.15, 0.2) is 0 Å². The second-order valence-electron chi connectivity index (χ2n) is 4.88. The van der Waals surface area contributed by atoms with Crippen molar-refractivity contribution >= 4 is 0 Å². The summed E-state index contributed by atoms with van der Waals surface area (Å²) in [5.74, 6) is 0.873. The molecule has 0 aromatic rings. The van der Waals surface area contributed by atoms with Gasteiger partial charge in [0.1, 0.15) is 0 Å². The van der Waals surface area contributed by atoms with Crippen LogP contribution in [0.3, 0.4) is 0 Å². The van der Waals surface area contributed by atoms with Crippen molar-refractivity contribution in [2.24, 2.45) is 11.3 Å². The fraction of sp³-hybridized carbons (Fsp3) is 1.00. The highest BCUT2D eigenvalue weighted by atomic mass is 16.5. The summed E-state index contributed by atoms with van der Waals surface area (Å²) in [5.41, 5.74) is 0.613. The molecule has 2 fully saturated rings. The van der Waals surface area contributed by atoms with Crippen LogP contribution in [0.15, 0.2) is 0 Å². The van der Waals surface area contributed by atoms with Crippen LogP contribution in [0.4, 0.5) is 0 Å². The Labute approximate surface area is 87.4 Å². The summed E-state index contributed by atoms with van der Waals surface area (Å²) < 4.78 is 5.43. The van der Waals surface area contributed by atoms with E-state index in [4.69, 9.17) is 4.74 Å². The van der Waals surface area contributed by atoms with E-state index in [0.29, 0.717) is 5.41 Å². The van der Waals surface area contributed by atoms with Crippen LogP contribution in [-0.4, -0.2) is 25.8 Å². The number of ether oxygens (including phenoxy) is 1. The van der Waals surface area contributed by atoms with E-state index in [-0.39, 0.29) is 0 Å². The second-order valence-corrected chi connectivity index (χ2v) is 4.88. The number of hydrogen-bond donors (Lipinski definition) is 1. The first-order chi connectivity index (χ1) is 6.82. The average molecular weight is 197 g/mol. The Morgan fingerprint density at radius 3 is 2.29 bits per heavy atom. The van der Waals surface area contributed by atoms with Gasteiger partial charge in [0, 0.05) is 25.8 Å². The molecule has 1 N–H and O–H groups in total. The van der Waals surface area contributed by atoms with E-state index in [1.165, 1.54) is 32.2 Å². The number of nitrogens with one attached hydrogen (secondary N) is 1. The van der Waals surface area contributed by atoms with Gasteiger partial charge in [0.25, 0.3) is 0 Å². The van der Waals surface area contributed by atoms with Crippen molar-refractivity contribution in [1.29, 1.82) is 0 Å². The first-order valence-electron chi connectivity index (χ1n) is 6.13. The fourth-order valence-electron chi connectivity index (χ4n) is 3.16. The Morgan fingerprint density at radius 1 is 1.21 bits per heavy atom. The average Bonchev–Trinajstić information content (AvgIpc) is 2.20. The number of rotatable bonds is 3. The topological polar surface area (TPSA) is 21.3 Å². The van der Waals surface area contributed by atoms with Crippen molar-refractivity contribution in [3.63, 3.8) is 0 Å². The highest BCUT2D eigenvalue weighted by molar-refractivity contribution is 5.03. The molecule has 0 radical (unpaired) electrons. The van der Waals surface area contributed by atoms with E-state index in [1.807, 2.05) is 0 Å². The van der Waals surface area contributed by atoms with E-state index >= 15 is 0 Å². The first kappa shape index (κ1) is 10.4. The Bertz CT molecular complexity index is 177. The molecule has 2 rings (SSSR count). The van der Waals surface area contributed by atoms with Crippen molar-refractivity contribution in [1.82, 2.24) is 5.32 Å². The predicted molar refractivity (Wildman–Crippen MR) is 58.3 cm³/mol.